The maximum atomic E-state index is 10.7. The molecule has 0 saturated heterocycles. The molecule has 4 N–H and O–H groups in total. The third-order valence-corrected chi connectivity index (χ3v) is 1.93. The fraction of sp³-hybridized carbons (Fsp3) is 0.444. The normalized spacial score (nSPS) is 15.1. The molecular formula is C9H14N2O3. The van der Waals surface area contributed by atoms with Gasteiger partial charge in [0.25, 0.3) is 0 Å². The Morgan fingerprint density at radius 2 is 2.21 bits per heavy atom. The first-order valence-corrected chi connectivity index (χ1v) is 4.34. The lowest BCUT2D eigenvalue weighted by molar-refractivity contribution is 0.0200. The highest BCUT2D eigenvalue weighted by Crippen LogP contribution is 2.13. The van der Waals surface area contributed by atoms with E-state index in [1.807, 2.05) is 0 Å². The van der Waals surface area contributed by atoms with Crippen molar-refractivity contribution in [2.45, 2.75) is 12.2 Å². The Morgan fingerprint density at radius 3 is 2.71 bits per heavy atom. The average Bonchev–Trinajstić information content (AvgIpc) is 2.18. The average molecular weight is 198 g/mol. The summed E-state index contributed by atoms with van der Waals surface area (Å²) in [6.45, 7) is 0.292. The Morgan fingerprint density at radius 1 is 1.50 bits per heavy atom. The molecule has 2 unspecified atom stereocenters. The first kappa shape index (κ1) is 10.9. The van der Waals surface area contributed by atoms with Gasteiger partial charge in [0.05, 0.1) is 6.10 Å². The summed E-state index contributed by atoms with van der Waals surface area (Å²) < 4.78 is 0. The summed E-state index contributed by atoms with van der Waals surface area (Å²) >= 11 is 0. The number of aromatic nitrogens is 1. The van der Waals surface area contributed by atoms with E-state index in [4.69, 9.17) is 0 Å². The van der Waals surface area contributed by atoms with Crippen LogP contribution in [-0.2, 0) is 0 Å². The number of likely N-dealkylation sites (N-methyl/N-ethyl adjacent to an activating group) is 1. The van der Waals surface area contributed by atoms with Crippen LogP contribution in [0.25, 0.3) is 0 Å². The molecule has 1 aromatic rings. The van der Waals surface area contributed by atoms with Crippen LogP contribution in [0.15, 0.2) is 23.1 Å². The number of nitrogens with one attached hydrogen (secondary N) is 2. The lowest BCUT2D eigenvalue weighted by Crippen LogP contribution is -2.29. The lowest BCUT2D eigenvalue weighted by Gasteiger charge is -2.17. The highest BCUT2D eigenvalue weighted by molar-refractivity contribution is 5.13. The van der Waals surface area contributed by atoms with Crippen molar-refractivity contribution in [3.8, 4) is 0 Å². The number of aromatic amines is 1. The van der Waals surface area contributed by atoms with Gasteiger partial charge in [0.15, 0.2) is 0 Å². The van der Waals surface area contributed by atoms with E-state index in [0.29, 0.717) is 12.1 Å². The maximum absolute atomic E-state index is 10.7. The van der Waals surface area contributed by atoms with Gasteiger partial charge in [-0.3, -0.25) is 4.79 Å². The molecule has 0 aromatic carbocycles. The Labute approximate surface area is 81.4 Å². The Hall–Kier alpha value is -1.17. The van der Waals surface area contributed by atoms with Gasteiger partial charge in [0.2, 0.25) is 5.56 Å². The van der Waals surface area contributed by atoms with Crippen LogP contribution < -0.4 is 10.9 Å². The zero-order valence-corrected chi connectivity index (χ0v) is 7.90. The predicted octanol–water partition coefficient (Wildman–Crippen LogP) is -1.01. The van der Waals surface area contributed by atoms with Crippen LogP contribution in [0.4, 0.5) is 0 Å². The molecule has 5 nitrogen and oxygen atoms in total. The van der Waals surface area contributed by atoms with Crippen LogP contribution in [0.3, 0.4) is 0 Å². The van der Waals surface area contributed by atoms with E-state index in [1.54, 1.807) is 7.05 Å². The third kappa shape index (κ3) is 2.66. The molecule has 0 fully saturated rings. The molecule has 14 heavy (non-hydrogen) atoms. The van der Waals surface area contributed by atoms with E-state index >= 15 is 0 Å². The second-order valence-corrected chi connectivity index (χ2v) is 3.06. The number of H-pyrrole nitrogens is 1. The highest BCUT2D eigenvalue weighted by Gasteiger charge is 2.17. The summed E-state index contributed by atoms with van der Waals surface area (Å²) in [5.41, 5.74) is 0.261. The number of rotatable bonds is 4. The van der Waals surface area contributed by atoms with Gasteiger partial charge in [0, 0.05) is 18.8 Å². The van der Waals surface area contributed by atoms with Crippen LogP contribution >= 0.6 is 0 Å². The minimum Gasteiger partial charge on any atom is -0.389 e. The largest absolute Gasteiger partial charge is 0.389 e. The summed E-state index contributed by atoms with van der Waals surface area (Å²) in [5, 5.41) is 21.8. The smallest absolute Gasteiger partial charge is 0.247 e. The monoisotopic (exact) mass is 198 g/mol. The van der Waals surface area contributed by atoms with Gasteiger partial charge >= 0.3 is 0 Å². The summed E-state index contributed by atoms with van der Waals surface area (Å²) in [4.78, 5) is 13.2. The number of hydrogen-bond donors (Lipinski definition) is 4. The van der Waals surface area contributed by atoms with Gasteiger partial charge in [-0.1, -0.05) is 0 Å². The van der Waals surface area contributed by atoms with Gasteiger partial charge in [-0.25, -0.2) is 0 Å². The quantitative estimate of drug-likeness (QED) is 0.499. The van der Waals surface area contributed by atoms with Crippen molar-refractivity contribution in [1.82, 2.24) is 10.3 Å². The number of aliphatic hydroxyl groups excluding tert-OH is 2. The number of hydrogen-bond acceptors (Lipinski definition) is 4. The van der Waals surface area contributed by atoms with Crippen LogP contribution in [0.1, 0.15) is 11.7 Å². The van der Waals surface area contributed by atoms with Gasteiger partial charge in [0.1, 0.15) is 6.10 Å². The van der Waals surface area contributed by atoms with Crippen molar-refractivity contribution in [3.05, 3.63) is 34.2 Å². The molecule has 0 aliphatic heterocycles. The fourth-order valence-corrected chi connectivity index (χ4v) is 1.15. The molecule has 0 aliphatic carbocycles. The van der Waals surface area contributed by atoms with Crippen molar-refractivity contribution in [1.29, 1.82) is 0 Å². The zero-order valence-electron chi connectivity index (χ0n) is 7.90. The van der Waals surface area contributed by atoms with Gasteiger partial charge in [-0.15, -0.1) is 0 Å². The van der Waals surface area contributed by atoms with E-state index in [-0.39, 0.29) is 5.56 Å². The second-order valence-electron chi connectivity index (χ2n) is 3.06. The van der Waals surface area contributed by atoms with Crippen molar-refractivity contribution in [2.75, 3.05) is 13.6 Å². The van der Waals surface area contributed by atoms with Crippen LogP contribution in [0.2, 0.25) is 0 Å². The molecule has 1 heterocycles. The van der Waals surface area contributed by atoms with E-state index in [2.05, 4.69) is 10.3 Å². The fourth-order valence-electron chi connectivity index (χ4n) is 1.15. The van der Waals surface area contributed by atoms with Crippen LogP contribution in [0, 0.1) is 0 Å². The molecule has 0 radical (unpaired) electrons. The third-order valence-electron chi connectivity index (χ3n) is 1.93. The SMILES string of the molecule is CNCC(O)C(O)c1ccc(=O)[nH]c1. The topological polar surface area (TPSA) is 85.3 Å². The molecule has 5 heteroatoms. The Balaban J connectivity index is 2.73. The predicted molar refractivity (Wildman–Crippen MR) is 52.0 cm³/mol. The van der Waals surface area contributed by atoms with Crippen molar-refractivity contribution in [2.24, 2.45) is 0 Å². The Kier molecular flexibility index (Phi) is 3.82. The highest BCUT2D eigenvalue weighted by atomic mass is 16.3. The maximum Gasteiger partial charge on any atom is 0.247 e. The van der Waals surface area contributed by atoms with Crippen LogP contribution in [0.5, 0.6) is 0 Å². The molecule has 0 amide bonds. The van der Waals surface area contributed by atoms with E-state index in [9.17, 15) is 15.0 Å². The Bertz CT molecular complexity index is 317. The molecule has 0 saturated carbocycles. The lowest BCUT2D eigenvalue weighted by atomic mass is 10.1. The zero-order chi connectivity index (χ0) is 10.6. The molecule has 0 aliphatic rings. The first-order valence-electron chi connectivity index (χ1n) is 4.34. The summed E-state index contributed by atoms with van der Waals surface area (Å²) in [7, 11) is 1.68. The molecule has 0 spiro atoms. The molecular weight excluding hydrogens is 184 g/mol. The van der Waals surface area contributed by atoms with E-state index in [0.717, 1.165) is 0 Å². The van der Waals surface area contributed by atoms with Gasteiger partial charge in [-0.2, -0.15) is 0 Å². The first-order chi connectivity index (χ1) is 6.65. The minimum atomic E-state index is -0.987. The van der Waals surface area contributed by atoms with Crippen LogP contribution in [-0.4, -0.2) is 34.9 Å². The van der Waals surface area contributed by atoms with E-state index in [1.165, 1.54) is 18.3 Å². The molecule has 1 rings (SSSR count). The number of aliphatic hydroxyl groups is 2. The van der Waals surface area contributed by atoms with Gasteiger partial charge in [-0.05, 0) is 18.7 Å². The standard InChI is InChI=1S/C9H14N2O3/c1-10-5-7(12)9(14)6-2-3-8(13)11-4-6/h2-4,7,9-10,12,14H,5H2,1H3,(H,11,13). The second kappa shape index (κ2) is 4.90. The minimum absolute atomic E-state index is 0.232. The van der Waals surface area contributed by atoms with Gasteiger partial charge < -0.3 is 20.5 Å². The summed E-state index contributed by atoms with van der Waals surface area (Å²) in [5.74, 6) is 0. The van der Waals surface area contributed by atoms with Crippen molar-refractivity contribution in [3.63, 3.8) is 0 Å². The summed E-state index contributed by atoms with van der Waals surface area (Å²) in [6, 6.07) is 2.80. The molecule has 2 atom stereocenters. The van der Waals surface area contributed by atoms with E-state index < -0.39 is 12.2 Å². The molecule has 1 aromatic heterocycles. The van der Waals surface area contributed by atoms with Crippen molar-refractivity contribution >= 4 is 0 Å². The molecule has 78 valence electrons. The summed E-state index contributed by atoms with van der Waals surface area (Å²) in [6.07, 6.45) is -0.475. The van der Waals surface area contributed by atoms with Crippen molar-refractivity contribution < 1.29 is 10.2 Å². The number of pyridine rings is 1. The molecule has 0 bridgehead atoms.